The number of rotatable bonds is 16. The van der Waals surface area contributed by atoms with Gasteiger partial charge in [0.2, 0.25) is 29.4 Å². The van der Waals surface area contributed by atoms with Crippen LogP contribution < -0.4 is 21.3 Å². The molecular weight excluding hydrogens is 704 g/mol. The Morgan fingerprint density at radius 2 is 1.55 bits per heavy atom. The van der Waals surface area contributed by atoms with Crippen molar-refractivity contribution in [3.63, 3.8) is 0 Å². The maximum Gasteiger partial charge on any atom is 0.408 e. The Bertz CT molecular complexity index is 1590. The van der Waals surface area contributed by atoms with Gasteiger partial charge in [-0.2, -0.15) is 0 Å². The fourth-order valence-corrected chi connectivity index (χ4v) is 8.24. The number of Topliss-reactive ketones (excluding diaryl/α,β-unsaturated/α-hetero) is 1. The number of nitrogens with zero attached hydrogens (tertiary/aromatic N) is 2. The molecule has 2 unspecified atom stereocenters. The van der Waals surface area contributed by atoms with E-state index in [1.165, 1.54) is 4.90 Å². The molecule has 304 valence electrons. The Hall–Kier alpha value is -4.49. The van der Waals surface area contributed by atoms with Gasteiger partial charge in [-0.05, 0) is 60.3 Å². The first-order valence-electron chi connectivity index (χ1n) is 19.8. The van der Waals surface area contributed by atoms with Crippen molar-refractivity contribution in [3.8, 4) is 0 Å². The highest BCUT2D eigenvalue weighted by Crippen LogP contribution is 2.65. The van der Waals surface area contributed by atoms with Crippen molar-refractivity contribution in [3.05, 3.63) is 35.9 Å². The molecule has 1 aliphatic heterocycles. The normalized spacial score (nSPS) is 22.9. The summed E-state index contributed by atoms with van der Waals surface area (Å²) in [7, 11) is 3.13. The van der Waals surface area contributed by atoms with Gasteiger partial charge in [-0.3, -0.25) is 28.8 Å². The third-order valence-electron chi connectivity index (χ3n) is 12.2. The number of benzene rings is 1. The van der Waals surface area contributed by atoms with E-state index in [0.717, 1.165) is 32.1 Å². The summed E-state index contributed by atoms with van der Waals surface area (Å²) in [5.74, 6) is -3.99. The van der Waals surface area contributed by atoms with Crippen LogP contribution in [0.1, 0.15) is 105 Å². The molecule has 0 radical (unpaired) electrons. The van der Waals surface area contributed by atoms with Crippen molar-refractivity contribution >= 4 is 41.4 Å². The molecule has 1 heterocycles. The number of ketones is 1. The molecule has 6 amide bonds. The van der Waals surface area contributed by atoms with E-state index in [4.69, 9.17) is 4.74 Å². The summed E-state index contributed by atoms with van der Waals surface area (Å²) in [5.41, 5.74) is -0.230. The topological polar surface area (TPSA) is 183 Å². The highest BCUT2D eigenvalue weighted by molar-refractivity contribution is 6.38. The summed E-state index contributed by atoms with van der Waals surface area (Å²) in [6.07, 6.45) is 3.88. The monoisotopic (exact) mass is 766 g/mol. The van der Waals surface area contributed by atoms with Crippen molar-refractivity contribution in [1.29, 1.82) is 0 Å². The fourth-order valence-electron chi connectivity index (χ4n) is 8.24. The number of piperidine rings is 1. The van der Waals surface area contributed by atoms with E-state index in [-0.39, 0.29) is 47.5 Å². The number of carbonyl (C=O) groups is 7. The second-order valence-electron chi connectivity index (χ2n) is 17.1. The summed E-state index contributed by atoms with van der Waals surface area (Å²) < 4.78 is 5.63. The minimum absolute atomic E-state index is 0.0427. The number of nitrogens with one attached hydrogen (secondary N) is 4. The SMILES string of the molecule is CCCC(NC(=O)[C@@H]1[C@@H]2[C@H](CN1C(=O)[C@@H](NC(=O)OC(C)C(C)C)C1(C)CCCCC1)C2(C)C)C(=O)C(=O)NCC(=O)N[C@H](C(=O)N(C)C)c1ccccc1. The van der Waals surface area contributed by atoms with Crippen LogP contribution in [0.3, 0.4) is 0 Å². The number of hydrogen-bond donors (Lipinski definition) is 4. The number of likely N-dealkylation sites (tertiary alicyclic amines) is 1. The maximum atomic E-state index is 14.6. The summed E-state index contributed by atoms with van der Waals surface area (Å²) in [6.45, 7) is 13.4. The van der Waals surface area contributed by atoms with E-state index in [0.29, 0.717) is 18.5 Å². The van der Waals surface area contributed by atoms with Crippen molar-refractivity contribution in [2.24, 2.45) is 28.6 Å². The summed E-state index contributed by atoms with van der Waals surface area (Å²) in [5, 5.41) is 10.7. The van der Waals surface area contributed by atoms with Crippen LogP contribution in [-0.2, 0) is 33.5 Å². The second kappa shape index (κ2) is 18.0. The number of likely N-dealkylation sites (N-methyl/N-ethyl adjacent to an activating group) is 1. The molecule has 55 heavy (non-hydrogen) atoms. The molecule has 14 nitrogen and oxygen atoms in total. The summed E-state index contributed by atoms with van der Waals surface area (Å²) in [6, 6.07) is 4.62. The highest BCUT2D eigenvalue weighted by Gasteiger charge is 2.70. The van der Waals surface area contributed by atoms with Crippen LogP contribution in [0.4, 0.5) is 4.79 Å². The quantitative estimate of drug-likeness (QED) is 0.185. The lowest BCUT2D eigenvalue weighted by Gasteiger charge is -2.43. The number of fused-ring (bicyclic) bond motifs is 1. The van der Waals surface area contributed by atoms with Gasteiger partial charge in [0.15, 0.2) is 0 Å². The van der Waals surface area contributed by atoms with Crippen LogP contribution >= 0.6 is 0 Å². The fraction of sp³-hybridized carbons (Fsp3) is 0.683. The van der Waals surface area contributed by atoms with Crippen LogP contribution in [0.15, 0.2) is 30.3 Å². The van der Waals surface area contributed by atoms with Crippen LogP contribution in [0.2, 0.25) is 0 Å². The molecule has 0 aromatic heterocycles. The third-order valence-corrected chi connectivity index (χ3v) is 12.2. The maximum absolute atomic E-state index is 14.6. The molecule has 3 fully saturated rings. The first-order valence-corrected chi connectivity index (χ1v) is 19.8. The van der Waals surface area contributed by atoms with Crippen LogP contribution in [0, 0.1) is 28.6 Å². The Balaban J connectivity index is 1.48. The average molecular weight is 767 g/mol. The predicted octanol–water partition coefficient (Wildman–Crippen LogP) is 3.50. The van der Waals surface area contributed by atoms with Gasteiger partial charge in [0.1, 0.15) is 24.2 Å². The number of alkyl carbamates (subject to hydrolysis) is 1. The smallest absolute Gasteiger partial charge is 0.408 e. The van der Waals surface area contributed by atoms with Crippen LogP contribution in [0.5, 0.6) is 0 Å². The number of hydrogen-bond acceptors (Lipinski definition) is 8. The third kappa shape index (κ3) is 10.0. The predicted molar refractivity (Wildman–Crippen MR) is 206 cm³/mol. The molecule has 4 rings (SSSR count). The van der Waals surface area contributed by atoms with Gasteiger partial charge in [-0.15, -0.1) is 0 Å². The number of amides is 6. The van der Waals surface area contributed by atoms with Crippen molar-refractivity contribution in [2.75, 3.05) is 27.2 Å². The Morgan fingerprint density at radius 3 is 2.13 bits per heavy atom. The highest BCUT2D eigenvalue weighted by atomic mass is 16.6. The van der Waals surface area contributed by atoms with Gasteiger partial charge in [0.25, 0.3) is 5.91 Å². The molecule has 1 aromatic rings. The minimum atomic E-state index is -1.21. The molecule has 14 heteroatoms. The Labute approximate surface area is 325 Å². The first-order chi connectivity index (χ1) is 25.8. The minimum Gasteiger partial charge on any atom is -0.446 e. The van der Waals surface area contributed by atoms with E-state index in [1.54, 1.807) is 56.3 Å². The molecule has 1 saturated heterocycles. The molecule has 0 spiro atoms. The summed E-state index contributed by atoms with van der Waals surface area (Å²) in [4.78, 5) is 97.4. The first kappa shape index (κ1) is 43.2. The largest absolute Gasteiger partial charge is 0.446 e. The van der Waals surface area contributed by atoms with Gasteiger partial charge in [-0.25, -0.2) is 4.79 Å². The lowest BCUT2D eigenvalue weighted by molar-refractivity contribution is -0.146. The van der Waals surface area contributed by atoms with E-state index in [1.807, 2.05) is 27.7 Å². The molecule has 3 aliphatic rings. The molecule has 0 bridgehead atoms. The van der Waals surface area contributed by atoms with Crippen LogP contribution in [0.25, 0.3) is 0 Å². The molecule has 2 aliphatic carbocycles. The molecule has 1 aromatic carbocycles. The zero-order valence-corrected chi connectivity index (χ0v) is 34.0. The van der Waals surface area contributed by atoms with E-state index in [9.17, 15) is 33.6 Å². The second-order valence-corrected chi connectivity index (χ2v) is 17.1. The van der Waals surface area contributed by atoms with Crippen LogP contribution in [-0.4, -0.2) is 103 Å². The van der Waals surface area contributed by atoms with Crippen molar-refractivity contribution in [2.45, 2.75) is 124 Å². The molecular formula is C41H62N6O8. The van der Waals surface area contributed by atoms with E-state index in [2.05, 4.69) is 35.1 Å². The molecule has 4 N–H and O–H groups in total. The molecule has 2 saturated carbocycles. The van der Waals surface area contributed by atoms with Gasteiger partial charge >= 0.3 is 6.09 Å². The van der Waals surface area contributed by atoms with Gasteiger partial charge in [0.05, 0.1) is 12.6 Å². The lowest BCUT2D eigenvalue weighted by atomic mass is 9.70. The average Bonchev–Trinajstić information content (AvgIpc) is 3.43. The Kier molecular flexibility index (Phi) is 14.1. The van der Waals surface area contributed by atoms with E-state index >= 15 is 0 Å². The van der Waals surface area contributed by atoms with Gasteiger partial charge < -0.3 is 35.8 Å². The number of ether oxygens (including phenoxy) is 1. The van der Waals surface area contributed by atoms with Crippen molar-refractivity contribution in [1.82, 2.24) is 31.1 Å². The lowest BCUT2D eigenvalue weighted by Crippen LogP contribution is -2.61. The van der Waals surface area contributed by atoms with Gasteiger partial charge in [0, 0.05) is 20.6 Å². The summed E-state index contributed by atoms with van der Waals surface area (Å²) >= 11 is 0. The van der Waals surface area contributed by atoms with E-state index < -0.39 is 65.7 Å². The molecule has 7 atom stereocenters. The van der Waals surface area contributed by atoms with Gasteiger partial charge in [-0.1, -0.05) is 97.6 Å². The zero-order valence-electron chi connectivity index (χ0n) is 34.0. The number of carbonyl (C=O) groups excluding carboxylic acids is 7. The van der Waals surface area contributed by atoms with Crippen molar-refractivity contribution < 1.29 is 38.3 Å². The Morgan fingerprint density at radius 1 is 0.909 bits per heavy atom. The standard InChI is InChI=1S/C41H62N6O8/c1-10-17-28(33(49)36(51)42-22-29(48)44-31(37(52)46(8)9)26-18-13-11-14-19-26)43-35(50)32-30-27(40(30,5)6)23-47(32)38(53)34(41(7)20-15-12-16-21-41)45-39(54)55-25(4)24(2)3/h11,13-14,18-19,24-25,27-28,30-32,34H,10,12,15-17,20-23H2,1-9H3,(H,42,51)(H,43,50)(H,44,48)(H,45,54)/t25?,27-,28?,30-,31-,32-,34+/m0/s1. The zero-order chi connectivity index (χ0) is 40.8.